The molecule has 0 radical (unpaired) electrons. The third kappa shape index (κ3) is 10.5. The van der Waals surface area contributed by atoms with Crippen LogP contribution in [0.25, 0.3) is 0 Å². The number of carbonyl (C=O) groups is 5. The second-order valence-corrected chi connectivity index (χ2v) is 13.3. The van der Waals surface area contributed by atoms with Gasteiger partial charge >= 0.3 is 0 Å². The quantitative estimate of drug-likeness (QED) is 0.253. The first-order chi connectivity index (χ1) is 25.5. The van der Waals surface area contributed by atoms with E-state index in [0.717, 1.165) is 28.1 Å². The molecule has 278 valence electrons. The second-order valence-electron chi connectivity index (χ2n) is 13.3. The summed E-state index contributed by atoms with van der Waals surface area (Å²) in [5, 5.41) is 13.1. The minimum atomic E-state index is -1.29. The Bertz CT molecular complexity index is 1910. The Kier molecular flexibility index (Phi) is 13.0. The van der Waals surface area contributed by atoms with Gasteiger partial charge in [-0.15, -0.1) is 0 Å². The predicted octanol–water partition coefficient (Wildman–Crippen LogP) is 2.72. The summed E-state index contributed by atoms with van der Waals surface area (Å²) in [6.45, 7) is 5.92. The molecule has 0 saturated carbocycles. The third-order valence-corrected chi connectivity index (χ3v) is 9.33. The van der Waals surface area contributed by atoms with Crippen LogP contribution in [0, 0.1) is 20.8 Å². The summed E-state index contributed by atoms with van der Waals surface area (Å²) in [7, 11) is 1.50. The normalized spacial score (nSPS) is 17.7. The van der Waals surface area contributed by atoms with Crippen LogP contribution in [0.1, 0.15) is 44.9 Å². The molecule has 0 spiro atoms. The fraction of sp³-hybridized carbons (Fsp3) is 0.350. The SMILES string of the molecule is Cc1nn(CCNC(=O)[C@@H]2CC(=O)N(Cc3ccccc3)CC(=O)N(C)CC(=O)N[C@H](Cc3ccccc3)COc3ccccc3C(=O)N2)c(C)c1C. The van der Waals surface area contributed by atoms with Gasteiger partial charge in [0, 0.05) is 25.8 Å². The van der Waals surface area contributed by atoms with Crippen LogP contribution < -0.4 is 20.7 Å². The number of benzene rings is 3. The number of nitrogens with zero attached hydrogens (tertiary/aromatic N) is 4. The van der Waals surface area contributed by atoms with Crippen molar-refractivity contribution in [3.63, 3.8) is 0 Å². The van der Waals surface area contributed by atoms with Gasteiger partial charge in [0.1, 0.15) is 24.9 Å². The maximum absolute atomic E-state index is 14.1. The number of likely N-dealkylation sites (N-methyl/N-ethyl adjacent to an activating group) is 1. The van der Waals surface area contributed by atoms with E-state index in [1.165, 1.54) is 16.8 Å². The van der Waals surface area contributed by atoms with E-state index in [1.54, 1.807) is 28.9 Å². The minimum absolute atomic E-state index is 0.0155. The minimum Gasteiger partial charge on any atom is -0.491 e. The molecule has 1 aliphatic heterocycles. The lowest BCUT2D eigenvalue weighted by Crippen LogP contribution is -2.51. The number of hydrogen-bond donors (Lipinski definition) is 3. The van der Waals surface area contributed by atoms with E-state index < -0.39 is 48.0 Å². The lowest BCUT2D eigenvalue weighted by molar-refractivity contribution is -0.142. The molecule has 0 fully saturated rings. The highest BCUT2D eigenvalue weighted by molar-refractivity contribution is 6.01. The molecular weight excluding hydrogens is 674 g/mol. The Hall–Kier alpha value is -5.98. The van der Waals surface area contributed by atoms with Crippen molar-refractivity contribution in [2.24, 2.45) is 0 Å². The van der Waals surface area contributed by atoms with Crippen LogP contribution in [0.3, 0.4) is 0 Å². The fourth-order valence-corrected chi connectivity index (χ4v) is 6.08. The van der Waals surface area contributed by atoms with Gasteiger partial charge in [0.05, 0.1) is 36.8 Å². The molecule has 2 atom stereocenters. The number of nitrogens with one attached hydrogen (secondary N) is 3. The molecule has 2 heterocycles. The summed E-state index contributed by atoms with van der Waals surface area (Å²) in [6, 6.07) is 23.5. The number of amides is 5. The van der Waals surface area contributed by atoms with E-state index in [-0.39, 0.29) is 44.1 Å². The molecule has 0 saturated heterocycles. The number of carbonyl (C=O) groups excluding carboxylic acids is 5. The summed E-state index contributed by atoms with van der Waals surface area (Å²) in [4.78, 5) is 71.2. The van der Waals surface area contributed by atoms with Gasteiger partial charge in [-0.05, 0) is 56.0 Å². The Morgan fingerprint density at radius 3 is 2.19 bits per heavy atom. The number of ether oxygens (including phenoxy) is 1. The number of para-hydroxylation sites is 1. The highest BCUT2D eigenvalue weighted by atomic mass is 16.5. The maximum atomic E-state index is 14.1. The highest BCUT2D eigenvalue weighted by Gasteiger charge is 2.30. The smallest absolute Gasteiger partial charge is 0.255 e. The number of aryl methyl sites for hydroxylation is 1. The van der Waals surface area contributed by atoms with Gasteiger partial charge in [-0.25, -0.2) is 0 Å². The van der Waals surface area contributed by atoms with Gasteiger partial charge < -0.3 is 30.5 Å². The summed E-state index contributed by atoms with van der Waals surface area (Å²) in [5.41, 5.74) is 4.81. The summed E-state index contributed by atoms with van der Waals surface area (Å²) >= 11 is 0. The van der Waals surface area contributed by atoms with Crippen LogP contribution >= 0.6 is 0 Å². The number of rotatable bonds is 8. The van der Waals surface area contributed by atoms with Crippen molar-refractivity contribution < 1.29 is 28.7 Å². The van der Waals surface area contributed by atoms with E-state index in [1.807, 2.05) is 81.4 Å². The Morgan fingerprint density at radius 1 is 0.849 bits per heavy atom. The van der Waals surface area contributed by atoms with E-state index >= 15 is 0 Å². The Morgan fingerprint density at radius 2 is 1.51 bits per heavy atom. The first-order valence-corrected chi connectivity index (χ1v) is 17.7. The monoisotopic (exact) mass is 721 g/mol. The van der Waals surface area contributed by atoms with Crippen LogP contribution in [0.15, 0.2) is 84.9 Å². The van der Waals surface area contributed by atoms with E-state index in [9.17, 15) is 24.0 Å². The molecule has 0 bridgehead atoms. The van der Waals surface area contributed by atoms with Crippen LogP contribution in [-0.4, -0.2) is 94.5 Å². The fourth-order valence-electron chi connectivity index (χ4n) is 6.08. The molecule has 13 nitrogen and oxygen atoms in total. The van der Waals surface area contributed by atoms with Crippen molar-refractivity contribution in [3.8, 4) is 5.75 Å². The van der Waals surface area contributed by atoms with Crippen molar-refractivity contribution in [1.29, 1.82) is 0 Å². The lowest BCUT2D eigenvalue weighted by Gasteiger charge is -2.27. The molecule has 5 amide bonds. The molecule has 3 N–H and O–H groups in total. The largest absolute Gasteiger partial charge is 0.491 e. The summed E-state index contributed by atoms with van der Waals surface area (Å²) < 4.78 is 7.96. The third-order valence-electron chi connectivity index (χ3n) is 9.33. The summed E-state index contributed by atoms with van der Waals surface area (Å²) in [6.07, 6.45) is 0.000469. The lowest BCUT2D eigenvalue weighted by atomic mass is 10.1. The van der Waals surface area contributed by atoms with Crippen molar-refractivity contribution in [1.82, 2.24) is 35.5 Å². The maximum Gasteiger partial charge on any atom is 0.255 e. The first kappa shape index (κ1) is 38.3. The molecule has 3 aromatic carbocycles. The zero-order valence-electron chi connectivity index (χ0n) is 30.6. The molecular formula is C40H47N7O6. The molecule has 0 unspecified atom stereocenters. The van der Waals surface area contributed by atoms with Crippen LogP contribution in [0.2, 0.25) is 0 Å². The average Bonchev–Trinajstić information content (AvgIpc) is 3.39. The van der Waals surface area contributed by atoms with Crippen LogP contribution in [0.4, 0.5) is 0 Å². The molecule has 1 aliphatic rings. The topological polar surface area (TPSA) is 155 Å². The number of fused-ring (bicyclic) bond motifs is 1. The van der Waals surface area contributed by atoms with E-state index in [4.69, 9.17) is 4.74 Å². The zero-order valence-corrected chi connectivity index (χ0v) is 30.6. The zero-order chi connectivity index (χ0) is 37.9. The van der Waals surface area contributed by atoms with Crippen LogP contribution in [0.5, 0.6) is 5.75 Å². The number of aromatic nitrogens is 2. The Labute approximate surface area is 309 Å². The summed E-state index contributed by atoms with van der Waals surface area (Å²) in [5.74, 6) is -2.36. The Balaban J connectivity index is 1.44. The van der Waals surface area contributed by atoms with Crippen molar-refractivity contribution >= 4 is 29.5 Å². The molecule has 0 aliphatic carbocycles. The second kappa shape index (κ2) is 18.0. The van der Waals surface area contributed by atoms with E-state index in [0.29, 0.717) is 13.0 Å². The van der Waals surface area contributed by atoms with Gasteiger partial charge in [0.25, 0.3) is 5.91 Å². The standard InChI is InChI=1S/C40H47N7O6/c1-27-28(2)44-47(29(27)3)20-19-41-40(52)34-22-37(49)46(23-31-15-9-6-10-16-31)25-38(50)45(4)24-36(48)42-32(21-30-13-7-5-8-14-30)26-53-35-18-12-11-17-33(35)39(51)43-34/h5-18,32,34H,19-26H2,1-4H3,(H,41,52)(H,42,48)(H,43,51)/t32-,34+/m1/s1. The number of hydrogen-bond acceptors (Lipinski definition) is 7. The van der Waals surface area contributed by atoms with Crippen molar-refractivity contribution in [3.05, 3.63) is 119 Å². The highest BCUT2D eigenvalue weighted by Crippen LogP contribution is 2.20. The van der Waals surface area contributed by atoms with Gasteiger partial charge in [-0.1, -0.05) is 72.8 Å². The molecule has 5 rings (SSSR count). The van der Waals surface area contributed by atoms with Crippen molar-refractivity contribution in [2.45, 2.75) is 58.8 Å². The predicted molar refractivity (Wildman–Crippen MR) is 199 cm³/mol. The average molecular weight is 722 g/mol. The van der Waals surface area contributed by atoms with Crippen LogP contribution in [-0.2, 0) is 38.7 Å². The van der Waals surface area contributed by atoms with Gasteiger partial charge in [0.15, 0.2) is 0 Å². The molecule has 53 heavy (non-hydrogen) atoms. The van der Waals surface area contributed by atoms with Gasteiger partial charge in [-0.2, -0.15) is 5.10 Å². The van der Waals surface area contributed by atoms with Gasteiger partial charge in [-0.3, -0.25) is 28.7 Å². The van der Waals surface area contributed by atoms with E-state index in [2.05, 4.69) is 21.0 Å². The molecule has 4 aromatic rings. The first-order valence-electron chi connectivity index (χ1n) is 17.7. The van der Waals surface area contributed by atoms with Crippen molar-refractivity contribution in [2.75, 3.05) is 33.3 Å². The molecule has 1 aromatic heterocycles. The molecule has 13 heteroatoms. The van der Waals surface area contributed by atoms with Gasteiger partial charge in [0.2, 0.25) is 23.6 Å².